The maximum atomic E-state index is 12.7. The number of benzene rings is 1. The molecule has 2 aliphatic heterocycles. The van der Waals surface area contributed by atoms with Crippen molar-refractivity contribution < 1.29 is 9.59 Å². The van der Waals surface area contributed by atoms with Crippen molar-refractivity contribution in [2.75, 3.05) is 11.1 Å². The number of aromatic nitrogens is 1. The summed E-state index contributed by atoms with van der Waals surface area (Å²) in [6.07, 6.45) is 1.34. The number of thioether (sulfide) groups is 1. The molecule has 2 unspecified atom stereocenters. The number of hydrogen-bond donors (Lipinski definition) is 1. The monoisotopic (exact) mass is 485 g/mol. The fourth-order valence-electron chi connectivity index (χ4n) is 3.29. The molecule has 5 nitrogen and oxygen atoms in total. The van der Waals surface area contributed by atoms with Crippen LogP contribution in [0.3, 0.4) is 0 Å². The zero-order valence-electron chi connectivity index (χ0n) is 13.5. The van der Waals surface area contributed by atoms with Crippen LogP contribution in [0, 0.1) is 3.57 Å². The van der Waals surface area contributed by atoms with Gasteiger partial charge in [0.25, 0.3) is 0 Å². The molecule has 1 aromatic carbocycles. The molecule has 1 N–H and O–H groups in total. The molecular formula is C17H16IN3O2S2. The second kappa shape index (κ2) is 6.55. The maximum absolute atomic E-state index is 12.7. The van der Waals surface area contributed by atoms with Crippen LogP contribution >= 0.6 is 45.7 Å². The van der Waals surface area contributed by atoms with E-state index in [9.17, 15) is 9.59 Å². The van der Waals surface area contributed by atoms with Crippen LogP contribution in [-0.4, -0.2) is 38.4 Å². The number of rotatable bonds is 3. The maximum Gasteiger partial charge on any atom is 0.249 e. The summed E-state index contributed by atoms with van der Waals surface area (Å²) >= 11 is 5.37. The Kier molecular flexibility index (Phi) is 4.53. The second-order valence-electron chi connectivity index (χ2n) is 6.30. The third-order valence-corrected chi connectivity index (χ3v) is 7.60. The summed E-state index contributed by atoms with van der Waals surface area (Å²) in [5.74, 6) is 0.574. The van der Waals surface area contributed by atoms with Crippen LogP contribution in [0.25, 0.3) is 11.3 Å². The van der Waals surface area contributed by atoms with E-state index in [1.54, 1.807) is 16.7 Å². The lowest BCUT2D eigenvalue weighted by molar-refractivity contribution is -0.135. The van der Waals surface area contributed by atoms with Crippen LogP contribution in [-0.2, 0) is 9.59 Å². The molecule has 0 radical (unpaired) electrons. The fraction of sp³-hybridized carbons (Fsp3) is 0.353. The van der Waals surface area contributed by atoms with Gasteiger partial charge in [-0.3, -0.25) is 9.59 Å². The van der Waals surface area contributed by atoms with E-state index < -0.39 is 6.04 Å². The lowest BCUT2D eigenvalue weighted by Gasteiger charge is -2.29. The van der Waals surface area contributed by atoms with E-state index in [0.717, 1.165) is 17.7 Å². The Morgan fingerprint density at radius 1 is 1.40 bits per heavy atom. The molecule has 4 rings (SSSR count). The molecule has 0 aliphatic carbocycles. The first kappa shape index (κ1) is 17.3. The van der Waals surface area contributed by atoms with Gasteiger partial charge in [0.15, 0.2) is 5.13 Å². The van der Waals surface area contributed by atoms with E-state index >= 15 is 0 Å². The van der Waals surface area contributed by atoms with Gasteiger partial charge < -0.3 is 10.2 Å². The molecule has 25 heavy (non-hydrogen) atoms. The summed E-state index contributed by atoms with van der Waals surface area (Å²) in [5.41, 5.74) is 1.87. The second-order valence-corrected chi connectivity index (χ2v) is 9.90. The van der Waals surface area contributed by atoms with Gasteiger partial charge in [-0.25, -0.2) is 4.98 Å². The summed E-state index contributed by atoms with van der Waals surface area (Å²) in [5, 5.41) is 5.41. The van der Waals surface area contributed by atoms with Gasteiger partial charge in [-0.2, -0.15) is 0 Å². The van der Waals surface area contributed by atoms with Crippen LogP contribution in [0.15, 0.2) is 29.6 Å². The molecule has 2 aromatic rings. The first-order valence-corrected chi connectivity index (χ1v) is 10.9. The van der Waals surface area contributed by atoms with Crippen LogP contribution in [0.5, 0.6) is 0 Å². The van der Waals surface area contributed by atoms with Crippen molar-refractivity contribution in [1.29, 1.82) is 0 Å². The number of hydrogen-bond acceptors (Lipinski definition) is 5. The number of nitrogens with zero attached hydrogens (tertiary/aromatic N) is 2. The minimum Gasteiger partial charge on any atom is -0.315 e. The number of halogens is 1. The molecule has 2 fully saturated rings. The standard InChI is InChI=1S/C17H16IN3O2S2/c1-17-7-6-14(22)21(17)13(9-25-17)15(23)20-16-19-12(8-24-16)10-2-4-11(18)5-3-10/h2-5,8,13H,6-7,9H2,1H3,(H,19,20,23). The molecule has 1 aromatic heterocycles. The van der Waals surface area contributed by atoms with Crippen LogP contribution < -0.4 is 5.32 Å². The van der Waals surface area contributed by atoms with E-state index in [1.165, 1.54) is 14.9 Å². The molecule has 0 bridgehead atoms. The lowest BCUT2D eigenvalue weighted by atomic mass is 10.2. The molecule has 8 heteroatoms. The predicted octanol–water partition coefficient (Wildman–Crippen LogP) is 3.81. The zero-order valence-corrected chi connectivity index (χ0v) is 17.3. The Hall–Kier alpha value is -1.13. The number of thiazole rings is 1. The van der Waals surface area contributed by atoms with Gasteiger partial charge in [-0.15, -0.1) is 23.1 Å². The summed E-state index contributed by atoms with van der Waals surface area (Å²) in [7, 11) is 0. The number of nitrogens with one attached hydrogen (secondary N) is 1. The van der Waals surface area contributed by atoms with Crippen LogP contribution in [0.4, 0.5) is 5.13 Å². The SMILES string of the molecule is CC12CCC(=O)N1C(C(=O)Nc1nc(-c3ccc(I)cc3)cs1)CS2. The van der Waals surface area contributed by atoms with E-state index in [-0.39, 0.29) is 16.7 Å². The highest BCUT2D eigenvalue weighted by Crippen LogP contribution is 2.47. The van der Waals surface area contributed by atoms with Gasteiger partial charge >= 0.3 is 0 Å². The van der Waals surface area contributed by atoms with Gasteiger partial charge in [-0.1, -0.05) is 12.1 Å². The Morgan fingerprint density at radius 2 is 2.16 bits per heavy atom. The van der Waals surface area contributed by atoms with Crippen molar-refractivity contribution in [3.8, 4) is 11.3 Å². The van der Waals surface area contributed by atoms with E-state index in [0.29, 0.717) is 17.3 Å². The fourth-order valence-corrected chi connectivity index (χ4v) is 5.80. The van der Waals surface area contributed by atoms with Crippen molar-refractivity contribution >= 4 is 62.6 Å². The topological polar surface area (TPSA) is 62.3 Å². The average molecular weight is 485 g/mol. The normalized spacial score (nSPS) is 25.3. The zero-order chi connectivity index (χ0) is 17.6. The van der Waals surface area contributed by atoms with Crippen molar-refractivity contribution in [2.24, 2.45) is 0 Å². The number of carbonyl (C=O) groups is 2. The minimum absolute atomic E-state index is 0.0753. The molecule has 0 spiro atoms. The van der Waals surface area contributed by atoms with Gasteiger partial charge in [0.1, 0.15) is 6.04 Å². The van der Waals surface area contributed by atoms with E-state index in [2.05, 4.69) is 32.9 Å². The largest absolute Gasteiger partial charge is 0.315 e. The van der Waals surface area contributed by atoms with Crippen molar-refractivity contribution in [1.82, 2.24) is 9.88 Å². The molecule has 2 atom stereocenters. The molecule has 2 aliphatic rings. The van der Waals surface area contributed by atoms with E-state index in [1.807, 2.05) is 36.6 Å². The molecule has 0 saturated carbocycles. The van der Waals surface area contributed by atoms with Gasteiger partial charge in [-0.05, 0) is 48.1 Å². The highest BCUT2D eigenvalue weighted by atomic mass is 127. The van der Waals surface area contributed by atoms with Gasteiger partial charge in [0, 0.05) is 26.7 Å². The van der Waals surface area contributed by atoms with Crippen molar-refractivity contribution in [3.63, 3.8) is 0 Å². The van der Waals surface area contributed by atoms with Crippen molar-refractivity contribution in [3.05, 3.63) is 33.2 Å². The highest BCUT2D eigenvalue weighted by Gasteiger charge is 2.52. The predicted molar refractivity (Wildman–Crippen MR) is 110 cm³/mol. The Labute approximate surface area is 167 Å². The molecule has 130 valence electrons. The van der Waals surface area contributed by atoms with Gasteiger partial charge in [0.2, 0.25) is 11.8 Å². The summed E-state index contributed by atoms with van der Waals surface area (Å²) in [6.45, 7) is 2.05. The first-order valence-electron chi connectivity index (χ1n) is 7.95. The Balaban J connectivity index is 1.49. The Bertz CT molecular complexity index is 839. The van der Waals surface area contributed by atoms with Gasteiger partial charge in [0.05, 0.1) is 10.6 Å². The molecular weight excluding hydrogens is 469 g/mol. The highest BCUT2D eigenvalue weighted by molar-refractivity contribution is 14.1. The summed E-state index contributed by atoms with van der Waals surface area (Å²) < 4.78 is 1.17. The average Bonchev–Trinajstić information content (AvgIpc) is 3.25. The molecule has 2 amide bonds. The smallest absolute Gasteiger partial charge is 0.249 e. The number of anilines is 1. The third kappa shape index (κ3) is 3.19. The van der Waals surface area contributed by atoms with Crippen molar-refractivity contribution in [2.45, 2.75) is 30.7 Å². The van der Waals surface area contributed by atoms with E-state index in [4.69, 9.17) is 0 Å². The van der Waals surface area contributed by atoms with Crippen LogP contribution in [0.2, 0.25) is 0 Å². The first-order chi connectivity index (χ1) is 12.0. The van der Waals surface area contributed by atoms with Crippen LogP contribution in [0.1, 0.15) is 19.8 Å². The number of fused-ring (bicyclic) bond motifs is 1. The molecule has 2 saturated heterocycles. The quantitative estimate of drug-likeness (QED) is 0.672. The third-order valence-electron chi connectivity index (χ3n) is 4.62. The number of amides is 2. The summed E-state index contributed by atoms with van der Waals surface area (Å²) in [6, 6.07) is 7.69. The summed E-state index contributed by atoms with van der Waals surface area (Å²) in [4.78, 5) is 30.9. The minimum atomic E-state index is -0.407. The Morgan fingerprint density at radius 3 is 2.92 bits per heavy atom. The number of carbonyl (C=O) groups excluding carboxylic acids is 2. The lowest BCUT2D eigenvalue weighted by Crippen LogP contribution is -2.48. The molecule has 3 heterocycles.